The molecular weight excluding hydrogens is 299 g/mol. The summed E-state index contributed by atoms with van der Waals surface area (Å²) in [5.41, 5.74) is -0.321. The number of aliphatic carboxylic acids is 1. The van der Waals surface area contributed by atoms with E-state index in [0.29, 0.717) is 0 Å². The van der Waals surface area contributed by atoms with Crippen LogP contribution in [0.4, 0.5) is 14.9 Å². The fourth-order valence-corrected chi connectivity index (χ4v) is 1.82. The Balaban J connectivity index is 2.78. The molecule has 1 unspecified atom stereocenters. The van der Waals surface area contributed by atoms with E-state index >= 15 is 0 Å². The summed E-state index contributed by atoms with van der Waals surface area (Å²) in [7, 11) is 0. The zero-order chi connectivity index (χ0) is 16.2. The smallest absolute Gasteiger partial charge is 0.319 e. The second-order valence-corrected chi connectivity index (χ2v) is 6.15. The van der Waals surface area contributed by atoms with Crippen LogP contribution in [-0.2, 0) is 4.79 Å². The predicted molar refractivity (Wildman–Crippen MR) is 79.1 cm³/mol. The summed E-state index contributed by atoms with van der Waals surface area (Å²) < 4.78 is 13.1. The van der Waals surface area contributed by atoms with Crippen LogP contribution in [-0.4, -0.2) is 23.1 Å². The van der Waals surface area contributed by atoms with Crippen LogP contribution in [0.2, 0.25) is 5.02 Å². The number of carboxylic acids is 1. The number of hydrogen-bond donors (Lipinski definition) is 3. The van der Waals surface area contributed by atoms with Crippen LogP contribution >= 0.6 is 11.6 Å². The van der Waals surface area contributed by atoms with E-state index in [0.717, 1.165) is 6.07 Å². The van der Waals surface area contributed by atoms with Crippen LogP contribution in [0.5, 0.6) is 0 Å². The Morgan fingerprint density at radius 3 is 2.52 bits per heavy atom. The van der Waals surface area contributed by atoms with Crippen molar-refractivity contribution >= 4 is 29.3 Å². The lowest BCUT2D eigenvalue weighted by molar-refractivity contribution is -0.138. The molecule has 3 N–H and O–H groups in total. The van der Waals surface area contributed by atoms with Crippen molar-refractivity contribution in [2.24, 2.45) is 5.41 Å². The lowest BCUT2D eigenvalue weighted by atomic mass is 9.85. The van der Waals surface area contributed by atoms with Gasteiger partial charge in [0.1, 0.15) is 5.82 Å². The van der Waals surface area contributed by atoms with Gasteiger partial charge in [-0.25, -0.2) is 9.18 Å². The number of amides is 2. The summed E-state index contributed by atoms with van der Waals surface area (Å²) in [4.78, 5) is 22.8. The van der Waals surface area contributed by atoms with Gasteiger partial charge >= 0.3 is 12.0 Å². The molecule has 0 aliphatic rings. The van der Waals surface area contributed by atoms with Gasteiger partial charge in [-0.1, -0.05) is 32.4 Å². The summed E-state index contributed by atoms with van der Waals surface area (Å²) in [5, 5.41) is 14.1. The highest BCUT2D eigenvalue weighted by atomic mass is 35.5. The molecule has 0 aliphatic heterocycles. The largest absolute Gasteiger partial charge is 0.481 e. The third-order valence-electron chi connectivity index (χ3n) is 2.91. The maximum atomic E-state index is 13.1. The maximum absolute atomic E-state index is 13.1. The summed E-state index contributed by atoms with van der Waals surface area (Å²) in [6.45, 7) is 5.45. The van der Waals surface area contributed by atoms with E-state index in [9.17, 15) is 14.0 Å². The Kier molecular flexibility index (Phi) is 5.54. The number of carboxylic acid groups (broad SMARTS) is 1. The third kappa shape index (κ3) is 5.59. The van der Waals surface area contributed by atoms with Crippen LogP contribution in [0.25, 0.3) is 0 Å². The van der Waals surface area contributed by atoms with Crippen LogP contribution in [0.1, 0.15) is 27.2 Å². The first-order valence-corrected chi connectivity index (χ1v) is 6.71. The molecule has 0 saturated carbocycles. The van der Waals surface area contributed by atoms with Crippen molar-refractivity contribution in [3.63, 3.8) is 0 Å². The molecule has 1 aromatic rings. The molecule has 0 radical (unpaired) electrons. The summed E-state index contributed by atoms with van der Waals surface area (Å²) in [5.74, 6) is -1.55. The van der Waals surface area contributed by atoms with E-state index in [1.807, 2.05) is 20.8 Å². The average Bonchev–Trinajstić information content (AvgIpc) is 2.31. The quantitative estimate of drug-likeness (QED) is 0.795. The Morgan fingerprint density at radius 1 is 1.38 bits per heavy atom. The summed E-state index contributed by atoms with van der Waals surface area (Å²) >= 11 is 5.85. The Morgan fingerprint density at radius 2 is 2.00 bits per heavy atom. The lowest BCUT2D eigenvalue weighted by Crippen LogP contribution is -2.46. The van der Waals surface area contributed by atoms with Gasteiger partial charge in [0.05, 0.1) is 17.1 Å². The molecular formula is C14H18ClFN2O3. The highest BCUT2D eigenvalue weighted by Gasteiger charge is 2.28. The fraction of sp³-hybridized carbons (Fsp3) is 0.429. The van der Waals surface area contributed by atoms with Gasteiger partial charge in [-0.3, -0.25) is 4.79 Å². The first-order chi connectivity index (χ1) is 9.59. The van der Waals surface area contributed by atoms with E-state index in [1.165, 1.54) is 12.1 Å². The molecule has 5 nitrogen and oxygen atoms in total. The normalized spacial score (nSPS) is 12.6. The van der Waals surface area contributed by atoms with E-state index in [4.69, 9.17) is 16.7 Å². The molecule has 1 atom stereocenters. The van der Waals surface area contributed by atoms with Crippen LogP contribution in [0.15, 0.2) is 18.2 Å². The first kappa shape index (κ1) is 17.2. The summed E-state index contributed by atoms with van der Waals surface area (Å²) in [6.07, 6.45) is -0.214. The molecule has 0 heterocycles. The van der Waals surface area contributed by atoms with Crippen LogP contribution in [0, 0.1) is 11.2 Å². The molecule has 0 aromatic heterocycles. The number of benzene rings is 1. The van der Waals surface area contributed by atoms with Crippen molar-refractivity contribution in [1.29, 1.82) is 0 Å². The number of rotatable bonds is 4. The van der Waals surface area contributed by atoms with Crippen LogP contribution in [0.3, 0.4) is 0 Å². The predicted octanol–water partition coefficient (Wildman–Crippen LogP) is 3.49. The Bertz CT molecular complexity index is 544. The van der Waals surface area contributed by atoms with Crippen molar-refractivity contribution in [2.45, 2.75) is 33.2 Å². The minimum Gasteiger partial charge on any atom is -0.481 e. The fourth-order valence-electron chi connectivity index (χ4n) is 1.66. The monoisotopic (exact) mass is 316 g/mol. The number of carbonyl (C=O) groups excluding carboxylic acids is 1. The van der Waals surface area contributed by atoms with E-state index in [1.54, 1.807) is 0 Å². The van der Waals surface area contributed by atoms with Crippen molar-refractivity contribution in [3.8, 4) is 0 Å². The number of halogens is 2. The zero-order valence-corrected chi connectivity index (χ0v) is 12.8. The number of urea groups is 1. The van der Waals surface area contributed by atoms with Crippen LogP contribution < -0.4 is 10.6 Å². The van der Waals surface area contributed by atoms with Gasteiger partial charge in [0.25, 0.3) is 0 Å². The third-order valence-corrected chi connectivity index (χ3v) is 3.24. The standard InChI is InChI=1S/C14H18ClFN2O3/c1-14(2,3)11(7-12(19)20)18-13(21)17-10-6-8(16)4-5-9(10)15/h4-6,11H,7H2,1-3H3,(H,19,20)(H2,17,18,21). The minimum absolute atomic E-state index is 0.122. The van der Waals surface area contributed by atoms with Gasteiger partial charge < -0.3 is 15.7 Å². The Hall–Kier alpha value is -1.82. The molecule has 0 saturated heterocycles. The average molecular weight is 317 g/mol. The Labute approximate surface area is 127 Å². The highest BCUT2D eigenvalue weighted by molar-refractivity contribution is 6.33. The van der Waals surface area contributed by atoms with Gasteiger partial charge in [0, 0.05) is 6.04 Å². The molecule has 7 heteroatoms. The first-order valence-electron chi connectivity index (χ1n) is 6.34. The molecule has 0 bridgehead atoms. The number of hydrogen-bond acceptors (Lipinski definition) is 2. The van der Waals surface area contributed by atoms with Crippen molar-refractivity contribution < 1.29 is 19.1 Å². The number of carbonyl (C=O) groups is 2. The van der Waals surface area contributed by atoms with E-state index < -0.39 is 29.3 Å². The molecule has 21 heavy (non-hydrogen) atoms. The number of anilines is 1. The van der Waals surface area contributed by atoms with E-state index in [2.05, 4.69) is 10.6 Å². The maximum Gasteiger partial charge on any atom is 0.319 e. The lowest BCUT2D eigenvalue weighted by Gasteiger charge is -2.30. The molecule has 1 rings (SSSR count). The number of nitrogens with one attached hydrogen (secondary N) is 2. The van der Waals surface area contributed by atoms with Gasteiger partial charge in [-0.05, 0) is 23.6 Å². The van der Waals surface area contributed by atoms with E-state index in [-0.39, 0.29) is 17.1 Å². The molecule has 0 spiro atoms. The molecule has 1 aromatic carbocycles. The topological polar surface area (TPSA) is 78.4 Å². The molecule has 0 fully saturated rings. The minimum atomic E-state index is -1.01. The van der Waals surface area contributed by atoms with Crippen molar-refractivity contribution in [2.75, 3.05) is 5.32 Å². The van der Waals surface area contributed by atoms with Crippen molar-refractivity contribution in [1.82, 2.24) is 5.32 Å². The van der Waals surface area contributed by atoms with Gasteiger partial charge in [-0.15, -0.1) is 0 Å². The van der Waals surface area contributed by atoms with Crippen molar-refractivity contribution in [3.05, 3.63) is 29.0 Å². The van der Waals surface area contributed by atoms with Gasteiger partial charge in [0.2, 0.25) is 0 Å². The second-order valence-electron chi connectivity index (χ2n) is 5.74. The zero-order valence-electron chi connectivity index (χ0n) is 12.0. The molecule has 116 valence electrons. The SMILES string of the molecule is CC(C)(C)C(CC(=O)O)NC(=O)Nc1cc(F)ccc1Cl. The second kappa shape index (κ2) is 6.76. The van der Waals surface area contributed by atoms with Gasteiger partial charge in [0.15, 0.2) is 0 Å². The molecule has 0 aliphatic carbocycles. The molecule has 2 amide bonds. The highest BCUT2D eigenvalue weighted by Crippen LogP contribution is 2.24. The summed E-state index contributed by atoms with van der Waals surface area (Å²) in [6, 6.07) is 2.37. The van der Waals surface area contributed by atoms with Gasteiger partial charge in [-0.2, -0.15) is 0 Å².